The lowest BCUT2D eigenvalue weighted by atomic mass is 10.0. The average Bonchev–Trinajstić information content (AvgIpc) is 3.22. The van der Waals surface area contributed by atoms with E-state index in [0.29, 0.717) is 5.01 Å². The van der Waals surface area contributed by atoms with E-state index in [1.54, 1.807) is 0 Å². The number of alkyl halides is 3. The van der Waals surface area contributed by atoms with Crippen LogP contribution in [0.5, 0.6) is 0 Å². The van der Waals surface area contributed by atoms with Gasteiger partial charge in [-0.3, -0.25) is 4.72 Å². The molecule has 1 saturated carbocycles. The number of piperazine rings is 1. The largest absolute Gasteiger partial charge is 0.364 e. The Kier molecular flexibility index (Phi) is 6.71. The van der Waals surface area contributed by atoms with Crippen molar-refractivity contribution in [1.82, 2.24) is 24.6 Å². The van der Waals surface area contributed by atoms with Gasteiger partial charge in [0.2, 0.25) is 0 Å². The van der Waals surface area contributed by atoms with Crippen LogP contribution >= 0.6 is 22.0 Å². The summed E-state index contributed by atoms with van der Waals surface area (Å²) in [5, 5.41) is 13.5. The van der Waals surface area contributed by atoms with Crippen LogP contribution in [0.15, 0.2) is 29.3 Å². The first-order valence-electron chi connectivity index (χ1n) is 11.9. The fraction of sp³-hybridized carbons (Fsp3) is 0.542. The van der Waals surface area contributed by atoms with Crippen LogP contribution < -0.4 is 14.9 Å². The molecule has 2 fully saturated rings. The maximum Gasteiger partial charge on any atom is 0.291 e. The fourth-order valence-electron chi connectivity index (χ4n) is 4.66. The van der Waals surface area contributed by atoms with Gasteiger partial charge in [-0.15, -0.1) is 10.2 Å². The molecular weight excluding hydrogens is 493 g/mol. The molecule has 1 saturated heterocycles. The molecule has 35 heavy (non-hydrogen) atoms. The molecule has 6 nitrogen and oxygen atoms in total. The molecule has 1 aliphatic carbocycles. The van der Waals surface area contributed by atoms with Gasteiger partial charge in [-0.05, 0) is 64.1 Å². The monoisotopic (exact) mass is 524 g/mol. The summed E-state index contributed by atoms with van der Waals surface area (Å²) >= 11 is 0.913. The van der Waals surface area contributed by atoms with Crippen molar-refractivity contribution in [3.8, 4) is 10.7 Å². The first-order valence-corrected chi connectivity index (χ1v) is 14.0. The van der Waals surface area contributed by atoms with Crippen molar-refractivity contribution in [3.63, 3.8) is 0 Å². The van der Waals surface area contributed by atoms with E-state index >= 15 is 0 Å². The molecule has 190 valence electrons. The maximum absolute atomic E-state index is 13.9. The van der Waals surface area contributed by atoms with Crippen LogP contribution in [-0.2, 0) is 0 Å². The Morgan fingerprint density at radius 1 is 1.31 bits per heavy atom. The summed E-state index contributed by atoms with van der Waals surface area (Å²) in [5.41, 5.74) is 2.80. The highest BCUT2D eigenvalue weighted by atomic mass is 32.2. The van der Waals surface area contributed by atoms with E-state index in [1.165, 1.54) is 0 Å². The van der Waals surface area contributed by atoms with Gasteiger partial charge in [0.05, 0.1) is 22.9 Å². The van der Waals surface area contributed by atoms with Gasteiger partial charge in [-0.2, -0.15) is 0 Å². The second-order valence-corrected chi connectivity index (χ2v) is 12.6. The Labute approximate surface area is 210 Å². The quantitative estimate of drug-likeness (QED) is 0.404. The summed E-state index contributed by atoms with van der Waals surface area (Å²) in [4.78, 5) is 3.36. The van der Waals surface area contributed by atoms with Crippen molar-refractivity contribution in [2.75, 3.05) is 18.1 Å². The number of nitrogens with one attached hydrogen (secondary N) is 2. The van der Waals surface area contributed by atoms with E-state index in [-0.39, 0.29) is 39.3 Å². The molecule has 3 aromatic rings. The molecule has 2 aliphatic rings. The zero-order chi connectivity index (χ0) is 24.9. The predicted octanol–water partition coefficient (Wildman–Crippen LogP) is 5.43. The number of hydrogen-bond acceptors (Lipinski definition) is 6. The number of aromatic nitrogens is 3. The van der Waals surface area contributed by atoms with E-state index < -0.39 is 13.1 Å². The second kappa shape index (κ2) is 9.49. The van der Waals surface area contributed by atoms with Crippen LogP contribution in [-0.4, -0.2) is 56.8 Å². The third kappa shape index (κ3) is 4.75. The fourth-order valence-corrected chi connectivity index (χ4v) is 7.08. The van der Waals surface area contributed by atoms with Gasteiger partial charge in [-0.1, -0.05) is 22.0 Å². The molecule has 4 heterocycles. The number of pyridine rings is 1. The van der Waals surface area contributed by atoms with E-state index in [1.807, 2.05) is 23.5 Å². The van der Waals surface area contributed by atoms with Gasteiger partial charge in [0.1, 0.15) is 6.67 Å². The van der Waals surface area contributed by atoms with Crippen LogP contribution in [0, 0.1) is 0 Å². The lowest BCUT2D eigenvalue weighted by molar-refractivity contribution is 0.150. The summed E-state index contributed by atoms with van der Waals surface area (Å²) in [6.45, 7) is 8.69. The summed E-state index contributed by atoms with van der Waals surface area (Å²) < 4.78 is 46.1. The predicted molar refractivity (Wildman–Crippen MR) is 139 cm³/mol. The molecule has 3 aromatic heterocycles. The summed E-state index contributed by atoms with van der Waals surface area (Å²) in [6, 6.07) is 5.90. The van der Waals surface area contributed by atoms with E-state index in [9.17, 15) is 13.2 Å². The highest BCUT2D eigenvalue weighted by Gasteiger charge is 2.38. The second-order valence-electron chi connectivity index (χ2n) is 9.74. The van der Waals surface area contributed by atoms with Gasteiger partial charge in [0, 0.05) is 35.3 Å². The summed E-state index contributed by atoms with van der Waals surface area (Å²) in [6.07, 6.45) is 1.70. The third-order valence-electron chi connectivity index (χ3n) is 6.93. The summed E-state index contributed by atoms with van der Waals surface area (Å²) in [5.74, 6) is 0. The van der Waals surface area contributed by atoms with Gasteiger partial charge < -0.3 is 14.6 Å². The molecule has 0 spiro atoms. The minimum absolute atomic E-state index is 0.0538. The number of fused-ring (bicyclic) bond motifs is 1. The molecule has 1 aliphatic heterocycles. The number of hydrogen-bond donors (Lipinski definition) is 2. The van der Waals surface area contributed by atoms with E-state index in [0.717, 1.165) is 52.5 Å². The van der Waals surface area contributed by atoms with E-state index in [4.69, 9.17) is 0 Å². The van der Waals surface area contributed by atoms with Crippen LogP contribution in [0.4, 0.5) is 18.9 Å². The first-order chi connectivity index (χ1) is 16.7. The van der Waals surface area contributed by atoms with Crippen LogP contribution in [0.1, 0.15) is 52.0 Å². The molecule has 0 amide bonds. The molecule has 5 rings (SSSR count). The van der Waals surface area contributed by atoms with Crippen molar-refractivity contribution < 1.29 is 13.2 Å². The Balaban J connectivity index is 1.67. The summed E-state index contributed by atoms with van der Waals surface area (Å²) in [7, 11) is -0.319. The van der Waals surface area contributed by atoms with Gasteiger partial charge in [0.15, 0.2) is 10.0 Å². The topological polar surface area (TPSA) is 57.5 Å². The van der Waals surface area contributed by atoms with Gasteiger partial charge in [0.25, 0.3) is 6.43 Å². The Hall–Kier alpha value is -1.95. The van der Waals surface area contributed by atoms with Gasteiger partial charge >= 0.3 is 0 Å². The number of rotatable bonds is 7. The highest BCUT2D eigenvalue weighted by molar-refractivity contribution is 8.13. The molecular formula is C24H31F3N6S2. The normalized spacial score (nSPS) is 25.0. The van der Waals surface area contributed by atoms with Crippen molar-refractivity contribution in [3.05, 3.63) is 29.4 Å². The molecule has 0 bridgehead atoms. The Morgan fingerprint density at radius 3 is 2.71 bits per heavy atom. The Bertz CT molecular complexity index is 1250. The smallest absolute Gasteiger partial charge is 0.291 e. The number of halogens is 3. The van der Waals surface area contributed by atoms with Gasteiger partial charge in [-0.25, -0.2) is 13.2 Å². The average molecular weight is 525 g/mol. The SMILES string of the molecule is C/C=S(/NC1(C)CC1)c1cc(N2C[C@@H](C)N[C@H](CF)[C@@H]2C)c2ccc(-c3nnc(C(F)F)s3)n2c1. The van der Waals surface area contributed by atoms with Crippen molar-refractivity contribution in [2.45, 2.75) is 75.5 Å². The maximum atomic E-state index is 13.9. The molecule has 2 N–H and O–H groups in total. The lowest BCUT2D eigenvalue weighted by Gasteiger charge is -2.44. The minimum Gasteiger partial charge on any atom is -0.364 e. The van der Waals surface area contributed by atoms with Crippen LogP contribution in [0.2, 0.25) is 0 Å². The third-order valence-corrected chi connectivity index (χ3v) is 9.80. The molecule has 1 unspecified atom stereocenters. The lowest BCUT2D eigenvalue weighted by Crippen LogP contribution is -2.61. The van der Waals surface area contributed by atoms with Crippen molar-refractivity contribution in [1.29, 1.82) is 0 Å². The molecule has 4 atom stereocenters. The first kappa shape index (κ1) is 24.7. The zero-order valence-electron chi connectivity index (χ0n) is 20.3. The molecule has 11 heteroatoms. The van der Waals surface area contributed by atoms with Crippen LogP contribution in [0.25, 0.3) is 16.2 Å². The zero-order valence-corrected chi connectivity index (χ0v) is 21.9. The molecule has 0 radical (unpaired) electrons. The Morgan fingerprint density at radius 2 is 2.09 bits per heavy atom. The van der Waals surface area contributed by atoms with Crippen molar-refractivity contribution in [2.24, 2.45) is 0 Å². The molecule has 0 aromatic carbocycles. The highest BCUT2D eigenvalue weighted by Crippen LogP contribution is 2.42. The number of anilines is 1. The number of nitrogens with zero attached hydrogens (tertiary/aromatic N) is 4. The minimum atomic E-state index is -2.65. The van der Waals surface area contributed by atoms with E-state index in [2.05, 4.69) is 63.5 Å². The van der Waals surface area contributed by atoms with Crippen molar-refractivity contribution >= 4 is 38.6 Å². The van der Waals surface area contributed by atoms with Crippen LogP contribution in [0.3, 0.4) is 0 Å². The standard InChI is InChI=1S/C24H31F3N6S2/c1-5-35(31-24(4)8-9-24)16-10-20(32-12-14(2)28-17(11-25)15(32)3)18-6-7-19(33(18)13-16)22-29-30-23(34-22)21(26)27/h5-7,10,13-15,17,21,28,31H,8-9,11-12H2,1-4H3/t14-,15+,17-,35?/m1/s1.